The molecule has 0 aromatic heterocycles. The monoisotopic (exact) mass is 480 g/mol. The van der Waals surface area contributed by atoms with Crippen molar-refractivity contribution < 1.29 is 19.0 Å². The van der Waals surface area contributed by atoms with E-state index in [0.29, 0.717) is 34.8 Å². The van der Waals surface area contributed by atoms with Gasteiger partial charge in [0, 0.05) is 5.02 Å². The molecule has 0 unspecified atom stereocenters. The van der Waals surface area contributed by atoms with E-state index in [-0.39, 0.29) is 12.5 Å². The predicted molar refractivity (Wildman–Crippen MR) is 135 cm³/mol. The van der Waals surface area contributed by atoms with Crippen LogP contribution in [0.2, 0.25) is 5.02 Å². The molecule has 1 N–H and O–H groups in total. The molecule has 0 saturated heterocycles. The van der Waals surface area contributed by atoms with Crippen molar-refractivity contribution in [1.82, 2.24) is 5.43 Å². The maximum absolute atomic E-state index is 12.2. The number of ether oxygens (including phenoxy) is 3. The number of carbonyl (C=O) groups excluding carboxylic acids is 1. The van der Waals surface area contributed by atoms with Gasteiger partial charge >= 0.3 is 0 Å². The number of hydrazone groups is 1. The Labute approximate surface area is 205 Å². The Bertz CT molecular complexity index is 1140. The molecule has 3 rings (SSSR count). The molecule has 3 aromatic carbocycles. The van der Waals surface area contributed by atoms with E-state index < -0.39 is 0 Å². The summed E-state index contributed by atoms with van der Waals surface area (Å²) in [7, 11) is 1.57. The quantitative estimate of drug-likeness (QED) is 0.290. The van der Waals surface area contributed by atoms with Crippen LogP contribution in [0.15, 0.2) is 65.8 Å². The molecule has 178 valence electrons. The zero-order chi connectivity index (χ0) is 24.5. The van der Waals surface area contributed by atoms with Crippen molar-refractivity contribution in [2.24, 2.45) is 5.10 Å². The fourth-order valence-electron chi connectivity index (χ4n) is 3.22. The molecule has 34 heavy (non-hydrogen) atoms. The van der Waals surface area contributed by atoms with Crippen molar-refractivity contribution in [1.29, 1.82) is 0 Å². The van der Waals surface area contributed by atoms with Crippen LogP contribution in [0.3, 0.4) is 0 Å². The van der Waals surface area contributed by atoms with Crippen LogP contribution in [0.4, 0.5) is 0 Å². The maximum Gasteiger partial charge on any atom is 0.277 e. The molecule has 6 nitrogen and oxygen atoms in total. The van der Waals surface area contributed by atoms with Gasteiger partial charge in [-0.15, -0.1) is 0 Å². The number of benzene rings is 3. The van der Waals surface area contributed by atoms with Gasteiger partial charge in [-0.25, -0.2) is 5.43 Å². The van der Waals surface area contributed by atoms with E-state index in [0.717, 1.165) is 22.3 Å². The SMILES string of the molecule is COc1cc(C=NNC(=O)COc2cc(C)ccc2C(C)C)ccc1OCc1ccc(Cl)cc1. The molecular weight excluding hydrogens is 452 g/mol. The van der Waals surface area contributed by atoms with Gasteiger partial charge in [-0.1, -0.05) is 49.7 Å². The van der Waals surface area contributed by atoms with Gasteiger partial charge in [0.25, 0.3) is 5.91 Å². The van der Waals surface area contributed by atoms with Gasteiger partial charge in [0.1, 0.15) is 12.4 Å². The number of hydrogen-bond donors (Lipinski definition) is 1. The molecule has 0 bridgehead atoms. The summed E-state index contributed by atoms with van der Waals surface area (Å²) in [6, 6.07) is 18.9. The van der Waals surface area contributed by atoms with Gasteiger partial charge in [-0.3, -0.25) is 4.79 Å². The number of aryl methyl sites for hydroxylation is 1. The first kappa shape index (κ1) is 25.1. The minimum absolute atomic E-state index is 0.124. The lowest BCUT2D eigenvalue weighted by Gasteiger charge is -2.14. The zero-order valence-corrected chi connectivity index (χ0v) is 20.6. The van der Waals surface area contributed by atoms with Crippen LogP contribution >= 0.6 is 11.6 Å². The number of nitrogens with zero attached hydrogens (tertiary/aromatic N) is 1. The van der Waals surface area contributed by atoms with E-state index in [2.05, 4.69) is 24.4 Å². The van der Waals surface area contributed by atoms with Crippen molar-refractivity contribution in [3.63, 3.8) is 0 Å². The molecule has 0 radical (unpaired) electrons. The summed E-state index contributed by atoms with van der Waals surface area (Å²) in [6.45, 7) is 6.43. The smallest absolute Gasteiger partial charge is 0.277 e. The Morgan fingerprint density at radius 3 is 2.47 bits per heavy atom. The van der Waals surface area contributed by atoms with Gasteiger partial charge in [-0.05, 0) is 71.5 Å². The number of rotatable bonds is 10. The lowest BCUT2D eigenvalue weighted by atomic mass is 10.0. The van der Waals surface area contributed by atoms with Crippen molar-refractivity contribution in [3.05, 3.63) is 87.9 Å². The van der Waals surface area contributed by atoms with Crippen molar-refractivity contribution in [2.45, 2.75) is 33.3 Å². The molecule has 7 heteroatoms. The second kappa shape index (κ2) is 12.1. The Morgan fingerprint density at radius 1 is 1.00 bits per heavy atom. The third-order valence-electron chi connectivity index (χ3n) is 5.05. The second-order valence-corrected chi connectivity index (χ2v) is 8.54. The molecule has 0 aliphatic rings. The predicted octanol–water partition coefficient (Wildman–Crippen LogP) is 5.89. The summed E-state index contributed by atoms with van der Waals surface area (Å²) < 4.78 is 17.0. The van der Waals surface area contributed by atoms with E-state index in [1.54, 1.807) is 19.2 Å². The van der Waals surface area contributed by atoms with Crippen LogP contribution < -0.4 is 19.6 Å². The van der Waals surface area contributed by atoms with Crippen molar-refractivity contribution in [3.8, 4) is 17.2 Å². The molecule has 0 spiro atoms. The van der Waals surface area contributed by atoms with Gasteiger partial charge in [0.05, 0.1) is 13.3 Å². The van der Waals surface area contributed by atoms with Gasteiger partial charge in [-0.2, -0.15) is 5.10 Å². The summed E-state index contributed by atoms with van der Waals surface area (Å²) in [5, 5.41) is 4.70. The molecule has 1 amide bonds. The minimum atomic E-state index is -0.345. The van der Waals surface area contributed by atoms with Gasteiger partial charge in [0.2, 0.25) is 0 Å². The molecule has 0 aliphatic heterocycles. The Kier molecular flexibility index (Phi) is 8.93. The van der Waals surface area contributed by atoms with E-state index >= 15 is 0 Å². The normalized spacial score (nSPS) is 11.0. The molecular formula is C27H29ClN2O4. The lowest BCUT2D eigenvalue weighted by molar-refractivity contribution is -0.123. The lowest BCUT2D eigenvalue weighted by Crippen LogP contribution is -2.25. The summed E-state index contributed by atoms with van der Waals surface area (Å²) in [6.07, 6.45) is 1.54. The molecule has 0 aliphatic carbocycles. The first-order valence-electron chi connectivity index (χ1n) is 11.0. The van der Waals surface area contributed by atoms with Crippen molar-refractivity contribution >= 4 is 23.7 Å². The molecule has 3 aromatic rings. The number of methoxy groups -OCH3 is 1. The van der Waals surface area contributed by atoms with Crippen LogP contribution in [0.25, 0.3) is 0 Å². The number of hydrogen-bond acceptors (Lipinski definition) is 5. The average molecular weight is 481 g/mol. The highest BCUT2D eigenvalue weighted by molar-refractivity contribution is 6.30. The zero-order valence-electron chi connectivity index (χ0n) is 19.8. The fourth-order valence-corrected chi connectivity index (χ4v) is 3.35. The van der Waals surface area contributed by atoms with Crippen molar-refractivity contribution in [2.75, 3.05) is 13.7 Å². The molecule has 0 fully saturated rings. The van der Waals surface area contributed by atoms with Crippen LogP contribution in [-0.2, 0) is 11.4 Å². The Balaban J connectivity index is 1.54. The van der Waals surface area contributed by atoms with Crippen LogP contribution in [0.5, 0.6) is 17.2 Å². The van der Waals surface area contributed by atoms with E-state index in [4.69, 9.17) is 25.8 Å². The third-order valence-corrected chi connectivity index (χ3v) is 5.30. The number of halogens is 1. The first-order chi connectivity index (χ1) is 16.4. The van der Waals surface area contributed by atoms with Crippen LogP contribution in [-0.4, -0.2) is 25.8 Å². The minimum Gasteiger partial charge on any atom is -0.493 e. The number of carbonyl (C=O) groups is 1. The number of nitrogens with one attached hydrogen (secondary N) is 1. The summed E-state index contributed by atoms with van der Waals surface area (Å²) in [5.41, 5.74) is 6.37. The highest BCUT2D eigenvalue weighted by Gasteiger charge is 2.10. The Morgan fingerprint density at radius 2 is 1.76 bits per heavy atom. The summed E-state index contributed by atoms with van der Waals surface area (Å²) in [5.74, 6) is 1.83. The molecule has 0 atom stereocenters. The largest absolute Gasteiger partial charge is 0.493 e. The van der Waals surface area contributed by atoms with E-state index in [1.165, 1.54) is 6.21 Å². The topological polar surface area (TPSA) is 69.2 Å². The standard InChI is InChI=1S/C27H29ClN2O4/c1-18(2)23-11-5-19(3)13-25(23)34-17-27(31)30-29-15-21-8-12-24(26(14-21)32-4)33-16-20-6-9-22(28)10-7-20/h5-15,18H,16-17H2,1-4H3,(H,30,31). The second-order valence-electron chi connectivity index (χ2n) is 8.10. The fraction of sp³-hybridized carbons (Fsp3) is 0.259. The Hall–Kier alpha value is -3.51. The van der Waals surface area contributed by atoms with Crippen LogP contribution in [0, 0.1) is 6.92 Å². The molecule has 0 saturated carbocycles. The summed E-state index contributed by atoms with van der Waals surface area (Å²) >= 11 is 5.92. The maximum atomic E-state index is 12.2. The van der Waals surface area contributed by atoms with E-state index in [9.17, 15) is 4.79 Å². The van der Waals surface area contributed by atoms with Gasteiger partial charge < -0.3 is 14.2 Å². The first-order valence-corrected chi connectivity index (χ1v) is 11.3. The van der Waals surface area contributed by atoms with E-state index in [1.807, 2.05) is 55.5 Å². The highest BCUT2D eigenvalue weighted by atomic mass is 35.5. The van der Waals surface area contributed by atoms with Gasteiger partial charge in [0.15, 0.2) is 18.1 Å². The molecule has 0 heterocycles. The number of amides is 1. The summed E-state index contributed by atoms with van der Waals surface area (Å²) in [4.78, 5) is 12.2. The third kappa shape index (κ3) is 7.25. The average Bonchev–Trinajstić information content (AvgIpc) is 2.82. The van der Waals surface area contributed by atoms with Crippen LogP contribution in [0.1, 0.15) is 42.0 Å². The highest BCUT2D eigenvalue weighted by Crippen LogP contribution is 2.29.